The average Bonchev–Trinajstić information content (AvgIpc) is 3.32. The molecule has 4 rings (SSSR count). The Balaban J connectivity index is 1.59. The normalized spacial score (nSPS) is 18.4. The zero-order valence-corrected chi connectivity index (χ0v) is 18.1. The summed E-state index contributed by atoms with van der Waals surface area (Å²) in [6.45, 7) is 4.43. The number of amides is 1. The molecule has 1 N–H and O–H groups in total. The number of fused-ring (bicyclic) bond motifs is 1. The fraction of sp³-hybridized carbons (Fsp3) is 0.368. The molecule has 0 aliphatic carbocycles. The van der Waals surface area contributed by atoms with E-state index in [4.69, 9.17) is 0 Å². The number of aryl methyl sites for hydroxylation is 2. The molecule has 6 nitrogen and oxygen atoms in total. The molecule has 2 aromatic heterocycles. The highest BCUT2D eigenvalue weighted by Crippen LogP contribution is 2.31. The van der Waals surface area contributed by atoms with Crippen LogP contribution in [0.5, 0.6) is 0 Å². The number of hydrogen-bond donors (Lipinski definition) is 1. The van der Waals surface area contributed by atoms with Crippen molar-refractivity contribution < 1.29 is 13.2 Å². The predicted molar refractivity (Wildman–Crippen MR) is 114 cm³/mol. The summed E-state index contributed by atoms with van der Waals surface area (Å²) in [6.07, 6.45) is 2.10. The molecule has 28 heavy (non-hydrogen) atoms. The topological polar surface area (TPSA) is 79.4 Å². The molecule has 1 aromatic carbocycles. The van der Waals surface area contributed by atoms with E-state index < -0.39 is 16.1 Å². The second-order valence-corrected chi connectivity index (χ2v) is 11.1. The van der Waals surface area contributed by atoms with Crippen molar-refractivity contribution in [2.24, 2.45) is 0 Å². The Kier molecular flexibility index (Phi) is 5.26. The van der Waals surface area contributed by atoms with Crippen LogP contribution in [0.3, 0.4) is 0 Å². The lowest BCUT2D eigenvalue weighted by Crippen LogP contribution is -2.49. The van der Waals surface area contributed by atoms with Crippen molar-refractivity contribution in [3.05, 3.63) is 40.8 Å². The fourth-order valence-electron chi connectivity index (χ4n) is 3.40. The highest BCUT2D eigenvalue weighted by molar-refractivity contribution is 7.91. The molecule has 1 aliphatic heterocycles. The number of anilines is 1. The highest BCUT2D eigenvalue weighted by atomic mass is 32.2. The minimum atomic E-state index is -3.67. The van der Waals surface area contributed by atoms with Crippen molar-refractivity contribution in [1.82, 2.24) is 9.29 Å². The lowest BCUT2D eigenvalue weighted by atomic mass is 10.0. The van der Waals surface area contributed by atoms with Crippen molar-refractivity contribution >= 4 is 54.0 Å². The number of carbonyl (C=O) groups is 1. The first-order chi connectivity index (χ1) is 13.4. The molecular weight excluding hydrogens is 414 g/mol. The Morgan fingerprint density at radius 2 is 2.04 bits per heavy atom. The van der Waals surface area contributed by atoms with E-state index in [0.717, 1.165) is 28.6 Å². The summed E-state index contributed by atoms with van der Waals surface area (Å²) in [5, 5.41) is 5.09. The first-order valence-electron chi connectivity index (χ1n) is 9.10. The number of hydrogen-bond acceptors (Lipinski definition) is 6. The van der Waals surface area contributed by atoms with Crippen molar-refractivity contribution in [3.8, 4) is 0 Å². The van der Waals surface area contributed by atoms with Crippen LogP contribution >= 0.6 is 22.7 Å². The number of nitrogens with zero attached hydrogens (tertiary/aromatic N) is 2. The molecule has 0 unspecified atom stereocenters. The molecule has 3 heterocycles. The third-order valence-electron chi connectivity index (χ3n) is 5.05. The van der Waals surface area contributed by atoms with Gasteiger partial charge in [0.25, 0.3) is 10.0 Å². The molecule has 0 bridgehead atoms. The Labute approximate surface area is 172 Å². The van der Waals surface area contributed by atoms with Gasteiger partial charge in [-0.2, -0.15) is 4.31 Å². The highest BCUT2D eigenvalue weighted by Gasteiger charge is 2.38. The smallest absolute Gasteiger partial charge is 0.253 e. The van der Waals surface area contributed by atoms with Crippen molar-refractivity contribution in [1.29, 1.82) is 0 Å². The average molecular weight is 436 g/mol. The second-order valence-electron chi connectivity index (χ2n) is 6.97. The molecule has 0 spiro atoms. The van der Waals surface area contributed by atoms with Crippen LogP contribution in [-0.2, 0) is 14.8 Å². The molecule has 0 saturated carbocycles. The van der Waals surface area contributed by atoms with Gasteiger partial charge >= 0.3 is 0 Å². The summed E-state index contributed by atoms with van der Waals surface area (Å²) < 4.78 is 28.6. The van der Waals surface area contributed by atoms with Gasteiger partial charge in [-0.05, 0) is 61.4 Å². The van der Waals surface area contributed by atoms with Crippen LogP contribution in [0.4, 0.5) is 5.13 Å². The van der Waals surface area contributed by atoms with Gasteiger partial charge in [0.1, 0.15) is 10.3 Å². The Morgan fingerprint density at radius 3 is 2.79 bits per heavy atom. The maximum Gasteiger partial charge on any atom is 0.253 e. The van der Waals surface area contributed by atoms with Gasteiger partial charge in [-0.3, -0.25) is 4.79 Å². The standard InChI is InChI=1S/C19H21N3O3S3/c1-12-10-14-16(11-13(12)2)27-19(20-14)21-18(23)15-6-3-4-8-22(15)28(24,25)17-7-5-9-26-17/h5,7,9-11,15H,3-4,6,8H2,1-2H3,(H,20,21,23)/t15-/m0/s1. The van der Waals surface area contributed by atoms with Gasteiger partial charge < -0.3 is 5.32 Å². The van der Waals surface area contributed by atoms with E-state index in [-0.39, 0.29) is 10.1 Å². The molecular formula is C19H21N3O3S3. The summed E-state index contributed by atoms with van der Waals surface area (Å²) in [6, 6.07) is 6.65. The molecule has 1 atom stereocenters. The number of thiophene rings is 1. The predicted octanol–water partition coefficient (Wildman–Crippen LogP) is 4.16. The number of carbonyl (C=O) groups excluding carboxylic acids is 1. The summed E-state index contributed by atoms with van der Waals surface area (Å²) >= 11 is 2.59. The monoisotopic (exact) mass is 435 g/mol. The zero-order valence-electron chi connectivity index (χ0n) is 15.6. The maximum absolute atomic E-state index is 13.0. The minimum absolute atomic E-state index is 0.276. The van der Waals surface area contributed by atoms with Crippen LogP contribution in [-0.4, -0.2) is 36.2 Å². The Bertz CT molecular complexity index is 1080. The van der Waals surface area contributed by atoms with E-state index in [0.29, 0.717) is 18.1 Å². The van der Waals surface area contributed by atoms with Crippen molar-refractivity contribution in [3.63, 3.8) is 0 Å². The first kappa shape index (κ1) is 19.5. The van der Waals surface area contributed by atoms with E-state index in [1.54, 1.807) is 17.5 Å². The fourth-order valence-corrected chi connectivity index (χ4v) is 7.13. The Morgan fingerprint density at radius 1 is 1.25 bits per heavy atom. The van der Waals surface area contributed by atoms with E-state index >= 15 is 0 Å². The lowest BCUT2D eigenvalue weighted by molar-refractivity contribution is -0.120. The summed E-state index contributed by atoms with van der Waals surface area (Å²) in [7, 11) is -3.67. The zero-order chi connectivity index (χ0) is 19.9. The van der Waals surface area contributed by atoms with Gasteiger partial charge in [-0.25, -0.2) is 13.4 Å². The molecule has 0 radical (unpaired) electrons. The number of thiazole rings is 1. The van der Waals surface area contributed by atoms with E-state index in [2.05, 4.69) is 16.4 Å². The van der Waals surface area contributed by atoms with E-state index in [1.807, 2.05) is 19.9 Å². The van der Waals surface area contributed by atoms with Gasteiger partial charge in [-0.15, -0.1) is 11.3 Å². The quantitative estimate of drug-likeness (QED) is 0.667. The number of sulfonamides is 1. The van der Waals surface area contributed by atoms with E-state index in [1.165, 1.54) is 32.5 Å². The van der Waals surface area contributed by atoms with Crippen LogP contribution < -0.4 is 5.32 Å². The summed E-state index contributed by atoms with van der Waals surface area (Å²) in [5.41, 5.74) is 3.17. The number of aromatic nitrogens is 1. The van der Waals surface area contributed by atoms with Crippen LogP contribution in [0.2, 0.25) is 0 Å². The van der Waals surface area contributed by atoms with Crippen LogP contribution in [0.1, 0.15) is 30.4 Å². The number of rotatable bonds is 4. The van der Waals surface area contributed by atoms with Crippen LogP contribution in [0.15, 0.2) is 33.9 Å². The summed E-state index contributed by atoms with van der Waals surface area (Å²) in [4.78, 5) is 17.5. The summed E-state index contributed by atoms with van der Waals surface area (Å²) in [5.74, 6) is -0.313. The van der Waals surface area contributed by atoms with Gasteiger partial charge in [0.05, 0.1) is 10.2 Å². The van der Waals surface area contributed by atoms with Gasteiger partial charge in [-0.1, -0.05) is 23.8 Å². The van der Waals surface area contributed by atoms with E-state index in [9.17, 15) is 13.2 Å². The molecule has 3 aromatic rings. The van der Waals surface area contributed by atoms with Crippen LogP contribution in [0.25, 0.3) is 10.2 Å². The van der Waals surface area contributed by atoms with Gasteiger partial charge in [0.2, 0.25) is 5.91 Å². The molecule has 1 aliphatic rings. The largest absolute Gasteiger partial charge is 0.301 e. The van der Waals surface area contributed by atoms with Crippen molar-refractivity contribution in [2.75, 3.05) is 11.9 Å². The SMILES string of the molecule is Cc1cc2nc(NC(=O)[C@@H]3CCCCN3S(=O)(=O)c3cccs3)sc2cc1C. The molecule has 1 fully saturated rings. The molecule has 148 valence electrons. The molecule has 1 saturated heterocycles. The van der Waals surface area contributed by atoms with Gasteiger partial charge in [0.15, 0.2) is 5.13 Å². The van der Waals surface area contributed by atoms with Gasteiger partial charge in [0, 0.05) is 6.54 Å². The number of benzene rings is 1. The van der Waals surface area contributed by atoms with Crippen molar-refractivity contribution in [2.45, 2.75) is 43.4 Å². The second kappa shape index (κ2) is 7.55. The number of piperidine rings is 1. The third-order valence-corrected chi connectivity index (χ3v) is 9.26. The number of nitrogens with one attached hydrogen (secondary N) is 1. The van der Waals surface area contributed by atoms with Crippen LogP contribution in [0, 0.1) is 13.8 Å². The molecule has 9 heteroatoms. The lowest BCUT2D eigenvalue weighted by Gasteiger charge is -2.32. The third kappa shape index (κ3) is 3.59. The minimum Gasteiger partial charge on any atom is -0.301 e. The first-order valence-corrected chi connectivity index (χ1v) is 12.2. The maximum atomic E-state index is 13.0. The Hall–Kier alpha value is -1.81. The molecule has 1 amide bonds.